The first-order valence-corrected chi connectivity index (χ1v) is 6.66. The van der Waals surface area contributed by atoms with Crippen LogP contribution >= 0.6 is 0 Å². The molecule has 2 aromatic rings. The Hall–Kier alpha value is -2.63. The lowest BCUT2D eigenvalue weighted by molar-refractivity contribution is 0.249. The van der Waals surface area contributed by atoms with Crippen LogP contribution in [0.1, 0.15) is 18.5 Å². The number of methoxy groups -OCH3 is 1. The van der Waals surface area contributed by atoms with Gasteiger partial charge < -0.3 is 15.4 Å². The van der Waals surface area contributed by atoms with Gasteiger partial charge in [-0.05, 0) is 48.9 Å². The van der Waals surface area contributed by atoms with Gasteiger partial charge in [0.25, 0.3) is 0 Å². The van der Waals surface area contributed by atoms with Gasteiger partial charge in [-0.1, -0.05) is 6.07 Å². The van der Waals surface area contributed by atoms with Crippen LogP contribution < -0.4 is 15.4 Å². The van der Waals surface area contributed by atoms with E-state index in [0.29, 0.717) is 17.0 Å². The number of urea groups is 1. The van der Waals surface area contributed by atoms with Gasteiger partial charge >= 0.3 is 6.03 Å². The molecule has 0 heterocycles. The summed E-state index contributed by atoms with van der Waals surface area (Å²) in [5, 5.41) is 5.30. The molecule has 116 valence electrons. The number of nitrogens with one attached hydrogen (secondary N) is 2. The fraction of sp³-hybridized carbons (Fsp3) is 0.188. The van der Waals surface area contributed by atoms with Gasteiger partial charge in [-0.25, -0.2) is 13.6 Å². The van der Waals surface area contributed by atoms with Crippen molar-refractivity contribution in [3.8, 4) is 5.75 Å². The molecular formula is C16H16F2N2O2. The Balaban J connectivity index is 1.96. The summed E-state index contributed by atoms with van der Waals surface area (Å²) in [5.74, 6) is -1.18. The highest BCUT2D eigenvalue weighted by Crippen LogP contribution is 2.17. The summed E-state index contributed by atoms with van der Waals surface area (Å²) < 4.78 is 31.1. The van der Waals surface area contributed by atoms with Crippen LogP contribution in [0.25, 0.3) is 0 Å². The number of carbonyl (C=O) groups excluding carboxylic acids is 1. The van der Waals surface area contributed by atoms with Crippen LogP contribution in [0.3, 0.4) is 0 Å². The molecule has 0 aromatic heterocycles. The van der Waals surface area contributed by atoms with E-state index >= 15 is 0 Å². The molecule has 0 bridgehead atoms. The smallest absolute Gasteiger partial charge is 0.319 e. The highest BCUT2D eigenvalue weighted by atomic mass is 19.2. The maximum absolute atomic E-state index is 13.2. The van der Waals surface area contributed by atoms with Gasteiger partial charge in [0, 0.05) is 5.69 Å². The van der Waals surface area contributed by atoms with Crippen molar-refractivity contribution in [2.75, 3.05) is 12.4 Å². The molecule has 0 radical (unpaired) electrons. The maximum atomic E-state index is 13.2. The van der Waals surface area contributed by atoms with Crippen molar-refractivity contribution >= 4 is 11.7 Å². The number of ether oxygens (including phenoxy) is 1. The van der Waals surface area contributed by atoms with Crippen LogP contribution in [0.15, 0.2) is 42.5 Å². The van der Waals surface area contributed by atoms with Crippen molar-refractivity contribution in [3.63, 3.8) is 0 Å². The molecule has 0 saturated heterocycles. The molecule has 1 atom stereocenters. The number of halogens is 2. The predicted molar refractivity (Wildman–Crippen MR) is 79.9 cm³/mol. The Bertz CT molecular complexity index is 660. The average Bonchev–Trinajstić information content (AvgIpc) is 2.50. The lowest BCUT2D eigenvalue weighted by Gasteiger charge is -2.15. The zero-order valence-corrected chi connectivity index (χ0v) is 12.2. The topological polar surface area (TPSA) is 50.4 Å². The summed E-state index contributed by atoms with van der Waals surface area (Å²) in [4.78, 5) is 11.9. The van der Waals surface area contributed by atoms with Crippen molar-refractivity contribution in [2.24, 2.45) is 0 Å². The lowest BCUT2D eigenvalue weighted by Crippen LogP contribution is -2.31. The standard InChI is InChI=1S/C16H16F2N2O2/c1-10(11-3-8-14(17)15(18)9-11)19-16(21)20-12-4-6-13(22-2)7-5-12/h3-10H,1-2H3,(H2,19,20,21). The number of carbonyl (C=O) groups is 1. The molecule has 1 unspecified atom stereocenters. The molecular weight excluding hydrogens is 290 g/mol. The van der Waals surface area contributed by atoms with Crippen molar-refractivity contribution in [1.82, 2.24) is 5.32 Å². The SMILES string of the molecule is COc1ccc(NC(=O)NC(C)c2ccc(F)c(F)c2)cc1. The zero-order valence-electron chi connectivity index (χ0n) is 12.2. The molecule has 0 aliphatic carbocycles. The molecule has 2 amide bonds. The van der Waals surface area contributed by atoms with E-state index in [1.165, 1.54) is 6.07 Å². The molecule has 22 heavy (non-hydrogen) atoms. The molecule has 2 aromatic carbocycles. The quantitative estimate of drug-likeness (QED) is 0.901. The Labute approximate surface area is 127 Å². The molecule has 0 aliphatic rings. The summed E-state index contributed by atoms with van der Waals surface area (Å²) in [6, 6.07) is 9.44. The van der Waals surface area contributed by atoms with E-state index in [9.17, 15) is 13.6 Å². The van der Waals surface area contributed by atoms with E-state index < -0.39 is 23.7 Å². The number of rotatable bonds is 4. The lowest BCUT2D eigenvalue weighted by atomic mass is 10.1. The van der Waals surface area contributed by atoms with Crippen LogP contribution in [0.2, 0.25) is 0 Å². The van der Waals surface area contributed by atoms with Gasteiger partial charge in [0.2, 0.25) is 0 Å². The molecule has 0 saturated carbocycles. The highest BCUT2D eigenvalue weighted by Gasteiger charge is 2.12. The molecule has 2 N–H and O–H groups in total. The van der Waals surface area contributed by atoms with Crippen molar-refractivity contribution < 1.29 is 18.3 Å². The minimum atomic E-state index is -0.943. The van der Waals surface area contributed by atoms with E-state index in [1.807, 2.05) is 0 Å². The third-order valence-corrected chi connectivity index (χ3v) is 3.14. The van der Waals surface area contributed by atoms with Gasteiger partial charge in [-0.3, -0.25) is 0 Å². The van der Waals surface area contributed by atoms with E-state index in [1.54, 1.807) is 38.3 Å². The van der Waals surface area contributed by atoms with Gasteiger partial charge in [0.1, 0.15) is 5.75 Å². The fourth-order valence-electron chi connectivity index (χ4n) is 1.90. The molecule has 0 aliphatic heterocycles. The Morgan fingerprint density at radius 3 is 2.36 bits per heavy atom. The van der Waals surface area contributed by atoms with Gasteiger partial charge in [-0.15, -0.1) is 0 Å². The van der Waals surface area contributed by atoms with Crippen molar-refractivity contribution in [3.05, 3.63) is 59.7 Å². The summed E-state index contributed by atoms with van der Waals surface area (Å²) in [7, 11) is 1.55. The second-order valence-electron chi connectivity index (χ2n) is 4.72. The number of benzene rings is 2. The minimum absolute atomic E-state index is 0.442. The second kappa shape index (κ2) is 6.89. The minimum Gasteiger partial charge on any atom is -0.497 e. The van der Waals surface area contributed by atoms with E-state index in [4.69, 9.17) is 4.74 Å². The van der Waals surface area contributed by atoms with E-state index in [-0.39, 0.29) is 0 Å². The van der Waals surface area contributed by atoms with Crippen LogP contribution in [0.4, 0.5) is 19.3 Å². The Morgan fingerprint density at radius 2 is 1.77 bits per heavy atom. The number of hydrogen-bond donors (Lipinski definition) is 2. The van der Waals surface area contributed by atoms with Gasteiger partial charge in [-0.2, -0.15) is 0 Å². The first-order valence-electron chi connectivity index (χ1n) is 6.66. The van der Waals surface area contributed by atoms with Crippen molar-refractivity contribution in [2.45, 2.75) is 13.0 Å². The van der Waals surface area contributed by atoms with Crippen molar-refractivity contribution in [1.29, 1.82) is 0 Å². The summed E-state index contributed by atoms with van der Waals surface area (Å²) in [5.41, 5.74) is 1.07. The predicted octanol–water partition coefficient (Wildman–Crippen LogP) is 3.86. The molecule has 6 heteroatoms. The monoisotopic (exact) mass is 306 g/mol. The Kier molecular flexibility index (Phi) is 4.93. The molecule has 2 rings (SSSR count). The maximum Gasteiger partial charge on any atom is 0.319 e. The first-order chi connectivity index (χ1) is 10.5. The van der Waals surface area contributed by atoms with Gasteiger partial charge in [0.05, 0.1) is 13.2 Å². The number of anilines is 1. The summed E-state index contributed by atoms with van der Waals surface area (Å²) in [6.45, 7) is 1.68. The average molecular weight is 306 g/mol. The Morgan fingerprint density at radius 1 is 1.09 bits per heavy atom. The van der Waals surface area contributed by atoms with Crippen LogP contribution in [-0.4, -0.2) is 13.1 Å². The number of hydrogen-bond acceptors (Lipinski definition) is 2. The van der Waals surface area contributed by atoms with E-state index in [2.05, 4.69) is 10.6 Å². The fourth-order valence-corrected chi connectivity index (χ4v) is 1.90. The van der Waals surface area contributed by atoms with Crippen LogP contribution in [0, 0.1) is 11.6 Å². The first kappa shape index (κ1) is 15.8. The largest absolute Gasteiger partial charge is 0.497 e. The molecule has 0 fully saturated rings. The third kappa shape index (κ3) is 3.94. The van der Waals surface area contributed by atoms with E-state index in [0.717, 1.165) is 12.1 Å². The summed E-state index contributed by atoms with van der Waals surface area (Å²) in [6.07, 6.45) is 0. The molecule has 0 spiro atoms. The normalized spacial score (nSPS) is 11.6. The third-order valence-electron chi connectivity index (χ3n) is 3.14. The second-order valence-corrected chi connectivity index (χ2v) is 4.72. The molecule has 4 nitrogen and oxygen atoms in total. The highest BCUT2D eigenvalue weighted by molar-refractivity contribution is 5.89. The summed E-state index contributed by atoms with van der Waals surface area (Å²) >= 11 is 0. The number of amides is 2. The zero-order chi connectivity index (χ0) is 16.1. The van der Waals surface area contributed by atoms with Crippen LogP contribution in [0.5, 0.6) is 5.75 Å². The van der Waals surface area contributed by atoms with Crippen LogP contribution in [-0.2, 0) is 0 Å². The van der Waals surface area contributed by atoms with Gasteiger partial charge in [0.15, 0.2) is 11.6 Å².